The van der Waals surface area contributed by atoms with Gasteiger partial charge in [0.2, 0.25) is 0 Å². The first-order valence-electron chi connectivity index (χ1n) is 10.8. The smallest absolute Gasteiger partial charge is 0.410 e. The van der Waals surface area contributed by atoms with Crippen molar-refractivity contribution < 1.29 is 14.3 Å². The molecule has 0 aromatic heterocycles. The summed E-state index contributed by atoms with van der Waals surface area (Å²) in [6.45, 7) is 11.0. The van der Waals surface area contributed by atoms with E-state index in [1.54, 1.807) is 11.1 Å². The summed E-state index contributed by atoms with van der Waals surface area (Å²) in [5.41, 5.74) is 1.94. The number of allylic oxidation sites excluding steroid dienone is 1. The van der Waals surface area contributed by atoms with E-state index in [0.29, 0.717) is 24.6 Å². The Kier molecular flexibility index (Phi) is 6.84. The molecule has 2 heterocycles. The molecule has 1 aromatic carbocycles. The zero-order chi connectivity index (χ0) is 22.6. The van der Waals surface area contributed by atoms with Gasteiger partial charge in [0, 0.05) is 24.9 Å². The summed E-state index contributed by atoms with van der Waals surface area (Å²) < 4.78 is 11.7. The van der Waals surface area contributed by atoms with Crippen LogP contribution in [-0.4, -0.2) is 35.6 Å². The van der Waals surface area contributed by atoms with Crippen molar-refractivity contribution in [3.05, 3.63) is 47.1 Å². The SMILES string of the molecule is CC(C)CCN(Cc1ccc2c(c1)C=CC1C=C(C#N)C=NC1O2)C(=O)OC(C)(C)C. The van der Waals surface area contributed by atoms with Gasteiger partial charge in [-0.3, -0.25) is 0 Å². The molecule has 6 heteroatoms. The second-order valence-corrected chi connectivity index (χ2v) is 9.41. The molecule has 0 bridgehead atoms. The zero-order valence-corrected chi connectivity index (χ0v) is 19.0. The topological polar surface area (TPSA) is 74.9 Å². The molecule has 31 heavy (non-hydrogen) atoms. The van der Waals surface area contributed by atoms with Crippen molar-refractivity contribution in [2.24, 2.45) is 16.8 Å². The fourth-order valence-electron chi connectivity index (χ4n) is 3.39. The molecule has 0 aliphatic carbocycles. The van der Waals surface area contributed by atoms with E-state index in [9.17, 15) is 4.79 Å². The highest BCUT2D eigenvalue weighted by atomic mass is 16.6. The number of carbonyl (C=O) groups is 1. The molecule has 3 rings (SSSR count). The summed E-state index contributed by atoms with van der Waals surface area (Å²) >= 11 is 0. The lowest BCUT2D eigenvalue weighted by Crippen LogP contribution is -2.37. The van der Waals surface area contributed by atoms with Crippen molar-refractivity contribution in [2.75, 3.05) is 6.54 Å². The van der Waals surface area contributed by atoms with Crippen LogP contribution in [0, 0.1) is 23.2 Å². The van der Waals surface area contributed by atoms with Crippen LogP contribution in [0.25, 0.3) is 6.08 Å². The Bertz CT molecular complexity index is 948. The van der Waals surface area contributed by atoms with Crippen LogP contribution in [0.3, 0.4) is 0 Å². The number of amides is 1. The van der Waals surface area contributed by atoms with Crippen LogP contribution in [0.15, 0.2) is 40.9 Å². The molecule has 0 saturated heterocycles. The third-order valence-electron chi connectivity index (χ3n) is 5.01. The van der Waals surface area contributed by atoms with Gasteiger partial charge in [-0.25, -0.2) is 9.79 Å². The molecule has 0 saturated carbocycles. The van der Waals surface area contributed by atoms with Gasteiger partial charge in [-0.05, 0) is 50.8 Å². The summed E-state index contributed by atoms with van der Waals surface area (Å²) in [5.74, 6) is 1.15. The second kappa shape index (κ2) is 9.38. The third-order valence-corrected chi connectivity index (χ3v) is 5.01. The lowest BCUT2D eigenvalue weighted by molar-refractivity contribution is 0.0225. The van der Waals surface area contributed by atoms with E-state index >= 15 is 0 Å². The van der Waals surface area contributed by atoms with E-state index in [1.807, 2.05) is 57.2 Å². The number of rotatable bonds is 5. The average molecular weight is 422 g/mol. The number of dihydropyridines is 1. The lowest BCUT2D eigenvalue weighted by atomic mass is 10.0. The van der Waals surface area contributed by atoms with E-state index < -0.39 is 5.60 Å². The molecule has 0 radical (unpaired) electrons. The van der Waals surface area contributed by atoms with Crippen LogP contribution in [0.1, 0.15) is 52.2 Å². The standard InChI is InChI=1S/C25H31N3O3/c1-17(2)10-11-28(24(29)31-25(3,4)5)16-18-6-9-22-20(12-18)7-8-21-13-19(14-26)15-27-23(21)30-22/h6-9,12-13,15,17,21,23H,10-11,16H2,1-5H3. The first-order chi connectivity index (χ1) is 14.6. The van der Waals surface area contributed by atoms with Crippen LogP contribution >= 0.6 is 0 Å². The minimum Gasteiger partial charge on any atom is -0.467 e. The van der Waals surface area contributed by atoms with Gasteiger partial charge < -0.3 is 14.4 Å². The van der Waals surface area contributed by atoms with Crippen molar-refractivity contribution in [3.8, 4) is 11.8 Å². The van der Waals surface area contributed by atoms with Crippen LogP contribution < -0.4 is 4.74 Å². The van der Waals surface area contributed by atoms with E-state index in [-0.39, 0.29) is 18.2 Å². The Hall–Kier alpha value is -3.07. The van der Waals surface area contributed by atoms with Gasteiger partial charge in [0.15, 0.2) is 6.23 Å². The molecule has 0 spiro atoms. The molecule has 2 unspecified atom stereocenters. The lowest BCUT2D eigenvalue weighted by Gasteiger charge is -2.28. The van der Waals surface area contributed by atoms with Crippen LogP contribution in [0.5, 0.6) is 5.75 Å². The van der Waals surface area contributed by atoms with E-state index in [1.165, 1.54) is 0 Å². The number of carbonyl (C=O) groups excluding carboxylic acids is 1. The molecule has 2 aliphatic heterocycles. The maximum Gasteiger partial charge on any atom is 0.410 e. The fraction of sp³-hybridized carbons (Fsp3) is 0.480. The summed E-state index contributed by atoms with van der Waals surface area (Å²) in [6, 6.07) is 8.06. The molecule has 1 aromatic rings. The molecule has 2 atom stereocenters. The second-order valence-electron chi connectivity index (χ2n) is 9.41. The van der Waals surface area contributed by atoms with Gasteiger partial charge in [0.25, 0.3) is 0 Å². The Balaban J connectivity index is 1.79. The highest BCUT2D eigenvalue weighted by Gasteiger charge is 2.26. The molecule has 0 fully saturated rings. The first kappa shape index (κ1) is 22.6. The summed E-state index contributed by atoms with van der Waals surface area (Å²) in [4.78, 5) is 18.9. The van der Waals surface area contributed by atoms with Gasteiger partial charge >= 0.3 is 6.09 Å². The van der Waals surface area contributed by atoms with Gasteiger partial charge in [0.1, 0.15) is 17.4 Å². The summed E-state index contributed by atoms with van der Waals surface area (Å²) in [7, 11) is 0. The normalized spacial score (nSPS) is 19.5. The average Bonchev–Trinajstić information content (AvgIpc) is 2.87. The maximum atomic E-state index is 12.8. The van der Waals surface area contributed by atoms with Crippen molar-refractivity contribution in [1.82, 2.24) is 4.90 Å². The molecule has 2 aliphatic rings. The monoisotopic (exact) mass is 421 g/mol. The van der Waals surface area contributed by atoms with E-state index in [0.717, 1.165) is 23.3 Å². The van der Waals surface area contributed by atoms with Crippen molar-refractivity contribution in [3.63, 3.8) is 0 Å². The number of nitriles is 1. The van der Waals surface area contributed by atoms with E-state index in [2.05, 4.69) is 24.9 Å². The van der Waals surface area contributed by atoms with Gasteiger partial charge in [-0.1, -0.05) is 38.1 Å². The van der Waals surface area contributed by atoms with Crippen molar-refractivity contribution >= 4 is 18.4 Å². The van der Waals surface area contributed by atoms with Crippen molar-refractivity contribution in [1.29, 1.82) is 5.26 Å². The number of fused-ring (bicyclic) bond motifs is 2. The van der Waals surface area contributed by atoms with Gasteiger partial charge in [-0.2, -0.15) is 5.26 Å². The Morgan fingerprint density at radius 2 is 2.13 bits per heavy atom. The van der Waals surface area contributed by atoms with Crippen LogP contribution in [-0.2, 0) is 11.3 Å². The van der Waals surface area contributed by atoms with Crippen molar-refractivity contribution in [2.45, 2.75) is 59.4 Å². The number of aliphatic imine (C=N–C) groups is 1. The number of hydrogen-bond donors (Lipinski definition) is 0. The molecule has 6 nitrogen and oxygen atoms in total. The Morgan fingerprint density at radius 3 is 2.81 bits per heavy atom. The molecule has 1 amide bonds. The highest BCUT2D eigenvalue weighted by Crippen LogP contribution is 2.31. The molecular weight excluding hydrogens is 390 g/mol. The number of nitrogens with zero attached hydrogens (tertiary/aromatic N) is 3. The number of hydrogen-bond acceptors (Lipinski definition) is 5. The Labute approximate surface area is 184 Å². The molecule has 164 valence electrons. The van der Waals surface area contributed by atoms with Crippen LogP contribution in [0.4, 0.5) is 4.79 Å². The summed E-state index contributed by atoms with van der Waals surface area (Å²) in [6.07, 6.45) is 7.68. The third kappa shape index (κ3) is 6.21. The molecular formula is C25H31N3O3. The number of benzene rings is 1. The van der Waals surface area contributed by atoms with E-state index in [4.69, 9.17) is 14.7 Å². The summed E-state index contributed by atoms with van der Waals surface area (Å²) in [5, 5.41) is 9.12. The van der Waals surface area contributed by atoms with Gasteiger partial charge in [-0.15, -0.1) is 0 Å². The maximum absolute atomic E-state index is 12.8. The Morgan fingerprint density at radius 1 is 1.35 bits per heavy atom. The highest BCUT2D eigenvalue weighted by molar-refractivity contribution is 5.85. The predicted molar refractivity (Wildman–Crippen MR) is 122 cm³/mol. The zero-order valence-electron chi connectivity index (χ0n) is 19.0. The van der Waals surface area contributed by atoms with Crippen LogP contribution in [0.2, 0.25) is 0 Å². The minimum atomic E-state index is -0.538. The largest absolute Gasteiger partial charge is 0.467 e. The minimum absolute atomic E-state index is 0.0835. The first-order valence-corrected chi connectivity index (χ1v) is 10.8. The predicted octanol–water partition coefficient (Wildman–Crippen LogP) is 5.35. The number of ether oxygens (including phenoxy) is 2. The molecule has 0 N–H and O–H groups in total. The fourth-order valence-corrected chi connectivity index (χ4v) is 3.39. The quantitative estimate of drug-likeness (QED) is 0.642. The van der Waals surface area contributed by atoms with Gasteiger partial charge in [0.05, 0.1) is 11.5 Å².